The van der Waals surface area contributed by atoms with Crippen LogP contribution in [-0.4, -0.2) is 33.2 Å². The molecule has 0 fully saturated rings. The zero-order chi connectivity index (χ0) is 18.6. The fourth-order valence-corrected chi connectivity index (χ4v) is 3.67. The number of hydrogen-bond donors (Lipinski definition) is 1. The number of benzene rings is 1. The summed E-state index contributed by atoms with van der Waals surface area (Å²) in [5.41, 5.74) is 3.29. The van der Waals surface area contributed by atoms with Crippen LogP contribution >= 0.6 is 11.3 Å². The number of aromatic nitrogens is 2. The number of hydrogen-bond acceptors (Lipinski definition) is 5. The van der Waals surface area contributed by atoms with E-state index in [4.69, 9.17) is 0 Å². The summed E-state index contributed by atoms with van der Waals surface area (Å²) in [6, 6.07) is 9.19. The summed E-state index contributed by atoms with van der Waals surface area (Å²) < 4.78 is 0. The highest BCUT2D eigenvalue weighted by Gasteiger charge is 2.27. The van der Waals surface area contributed by atoms with Gasteiger partial charge in [0.15, 0.2) is 0 Å². The molecular formula is C20H18N4O2S. The molecule has 136 valence electrons. The van der Waals surface area contributed by atoms with Crippen molar-refractivity contribution < 1.29 is 9.59 Å². The lowest BCUT2D eigenvalue weighted by atomic mass is 10.1. The Balaban J connectivity index is 1.40. The second kappa shape index (κ2) is 7.67. The highest BCUT2D eigenvalue weighted by molar-refractivity contribution is 7.09. The molecule has 7 heteroatoms. The average molecular weight is 378 g/mol. The van der Waals surface area contributed by atoms with Crippen molar-refractivity contribution in [2.24, 2.45) is 0 Å². The van der Waals surface area contributed by atoms with Gasteiger partial charge in [-0.2, -0.15) is 0 Å². The molecule has 0 saturated carbocycles. The summed E-state index contributed by atoms with van der Waals surface area (Å²) in [6.45, 7) is 1.58. The Morgan fingerprint density at radius 3 is 2.81 bits per heavy atom. The van der Waals surface area contributed by atoms with Crippen LogP contribution in [0.15, 0.2) is 54.3 Å². The molecule has 0 saturated heterocycles. The van der Waals surface area contributed by atoms with Crippen LogP contribution in [0.1, 0.15) is 36.9 Å². The first-order valence-corrected chi connectivity index (χ1v) is 9.56. The molecule has 0 radical (unpaired) electrons. The molecule has 3 heterocycles. The van der Waals surface area contributed by atoms with E-state index in [0.29, 0.717) is 30.8 Å². The molecule has 3 aromatic rings. The maximum absolute atomic E-state index is 12.6. The summed E-state index contributed by atoms with van der Waals surface area (Å²) in [7, 11) is 0. The highest BCUT2D eigenvalue weighted by Crippen LogP contribution is 2.24. The van der Waals surface area contributed by atoms with E-state index in [1.54, 1.807) is 30.7 Å². The van der Waals surface area contributed by atoms with Gasteiger partial charge >= 0.3 is 0 Å². The zero-order valence-corrected chi connectivity index (χ0v) is 15.4. The van der Waals surface area contributed by atoms with Crippen LogP contribution in [0, 0.1) is 0 Å². The van der Waals surface area contributed by atoms with E-state index >= 15 is 0 Å². The highest BCUT2D eigenvalue weighted by atomic mass is 32.1. The Bertz CT molecular complexity index is 957. The van der Waals surface area contributed by atoms with Crippen molar-refractivity contribution in [2.75, 3.05) is 6.54 Å². The number of nitrogens with zero attached hydrogens (tertiary/aromatic N) is 3. The molecule has 1 aliphatic rings. The van der Waals surface area contributed by atoms with Gasteiger partial charge in [0.05, 0.1) is 6.54 Å². The van der Waals surface area contributed by atoms with E-state index in [2.05, 4.69) is 15.3 Å². The van der Waals surface area contributed by atoms with E-state index < -0.39 is 0 Å². The van der Waals surface area contributed by atoms with Crippen LogP contribution in [0.5, 0.6) is 0 Å². The first kappa shape index (κ1) is 17.4. The lowest BCUT2D eigenvalue weighted by Gasteiger charge is -2.15. The summed E-state index contributed by atoms with van der Waals surface area (Å²) in [4.78, 5) is 34.9. The summed E-state index contributed by atoms with van der Waals surface area (Å²) in [5, 5.41) is 5.61. The molecule has 0 aliphatic carbocycles. The minimum Gasteiger partial charge on any atom is -0.346 e. The van der Waals surface area contributed by atoms with Gasteiger partial charge in [-0.15, -0.1) is 11.3 Å². The second-order valence-electron chi connectivity index (χ2n) is 6.31. The Morgan fingerprint density at radius 1 is 1.19 bits per heavy atom. The van der Waals surface area contributed by atoms with Crippen LogP contribution in [0.3, 0.4) is 0 Å². The topological polar surface area (TPSA) is 75.2 Å². The minimum atomic E-state index is -0.157. The molecule has 0 unspecified atom stereocenters. The van der Waals surface area contributed by atoms with Crippen molar-refractivity contribution in [3.05, 3.63) is 81.6 Å². The van der Waals surface area contributed by atoms with Crippen molar-refractivity contribution >= 4 is 23.2 Å². The quantitative estimate of drug-likeness (QED) is 0.716. The maximum Gasteiger partial charge on any atom is 0.254 e. The molecule has 0 spiro atoms. The van der Waals surface area contributed by atoms with E-state index in [-0.39, 0.29) is 11.8 Å². The van der Waals surface area contributed by atoms with Crippen LogP contribution in [0.4, 0.5) is 0 Å². The number of carbonyl (C=O) groups excluding carboxylic acids is 2. The molecule has 4 rings (SSSR count). The number of pyridine rings is 1. The largest absolute Gasteiger partial charge is 0.346 e. The third-order valence-electron chi connectivity index (χ3n) is 4.55. The van der Waals surface area contributed by atoms with Gasteiger partial charge in [-0.3, -0.25) is 14.6 Å². The van der Waals surface area contributed by atoms with Gasteiger partial charge < -0.3 is 10.2 Å². The van der Waals surface area contributed by atoms with Crippen LogP contribution < -0.4 is 5.32 Å². The number of fused-ring (bicyclic) bond motifs is 1. The zero-order valence-electron chi connectivity index (χ0n) is 14.6. The molecule has 0 bridgehead atoms. The van der Waals surface area contributed by atoms with Crippen molar-refractivity contribution in [2.45, 2.75) is 19.5 Å². The van der Waals surface area contributed by atoms with Gasteiger partial charge in [-0.25, -0.2) is 4.98 Å². The number of amides is 2. The lowest BCUT2D eigenvalue weighted by Crippen LogP contribution is -2.26. The number of thiazole rings is 1. The molecule has 0 atom stereocenters. The predicted molar refractivity (Wildman–Crippen MR) is 102 cm³/mol. The molecule has 1 N–H and O–H groups in total. The SMILES string of the molecule is O=C(NCc1nccs1)c1ccc2c(c1)CN(CCc1ccncc1)C2=O. The number of rotatable bonds is 6. The lowest BCUT2D eigenvalue weighted by molar-refractivity contribution is 0.0780. The Kier molecular flexibility index (Phi) is 4.93. The van der Waals surface area contributed by atoms with Crippen molar-refractivity contribution in [3.8, 4) is 0 Å². The Hall–Kier alpha value is -3.06. The van der Waals surface area contributed by atoms with Gasteiger partial charge in [0.25, 0.3) is 11.8 Å². The van der Waals surface area contributed by atoms with Crippen molar-refractivity contribution in [3.63, 3.8) is 0 Å². The van der Waals surface area contributed by atoms with Gasteiger partial charge in [0, 0.05) is 48.2 Å². The number of carbonyl (C=O) groups is 2. The molecule has 6 nitrogen and oxygen atoms in total. The Morgan fingerprint density at radius 2 is 2.04 bits per heavy atom. The van der Waals surface area contributed by atoms with Gasteiger partial charge in [-0.05, 0) is 47.9 Å². The summed E-state index contributed by atoms with van der Waals surface area (Å²) in [5.74, 6) is -0.135. The number of nitrogens with one attached hydrogen (secondary N) is 1. The molecule has 27 heavy (non-hydrogen) atoms. The van der Waals surface area contributed by atoms with E-state index in [9.17, 15) is 9.59 Å². The fraction of sp³-hybridized carbons (Fsp3) is 0.200. The van der Waals surface area contributed by atoms with E-state index in [1.165, 1.54) is 11.3 Å². The normalized spacial score (nSPS) is 12.9. The molecule has 2 amide bonds. The van der Waals surface area contributed by atoms with Crippen LogP contribution in [-0.2, 0) is 19.5 Å². The molecule has 2 aromatic heterocycles. The molecular weight excluding hydrogens is 360 g/mol. The van der Waals surface area contributed by atoms with Gasteiger partial charge in [0.2, 0.25) is 0 Å². The summed E-state index contributed by atoms with van der Waals surface area (Å²) in [6.07, 6.45) is 6.01. The Labute approximate surface area is 160 Å². The van der Waals surface area contributed by atoms with E-state index in [1.807, 2.05) is 28.5 Å². The van der Waals surface area contributed by atoms with Gasteiger partial charge in [0.1, 0.15) is 5.01 Å². The van der Waals surface area contributed by atoms with Crippen LogP contribution in [0.25, 0.3) is 0 Å². The third kappa shape index (κ3) is 3.88. The van der Waals surface area contributed by atoms with E-state index in [0.717, 1.165) is 22.6 Å². The third-order valence-corrected chi connectivity index (χ3v) is 5.33. The monoisotopic (exact) mass is 378 g/mol. The minimum absolute atomic E-state index is 0.0220. The second-order valence-corrected chi connectivity index (χ2v) is 7.29. The predicted octanol–water partition coefficient (Wildman–Crippen LogP) is 2.67. The summed E-state index contributed by atoms with van der Waals surface area (Å²) >= 11 is 1.50. The maximum atomic E-state index is 12.6. The van der Waals surface area contributed by atoms with Crippen molar-refractivity contribution in [1.82, 2.24) is 20.2 Å². The smallest absolute Gasteiger partial charge is 0.254 e. The van der Waals surface area contributed by atoms with Gasteiger partial charge in [-0.1, -0.05) is 0 Å². The standard InChI is InChI=1S/C20H18N4O2S/c25-19(23-12-18-22-8-10-27-18)15-1-2-17-16(11-15)13-24(20(17)26)9-5-14-3-6-21-7-4-14/h1-4,6-8,10-11H,5,9,12-13H2,(H,23,25). The fourth-order valence-electron chi connectivity index (χ4n) is 3.11. The van der Waals surface area contributed by atoms with Crippen LogP contribution in [0.2, 0.25) is 0 Å². The van der Waals surface area contributed by atoms with Crippen molar-refractivity contribution in [1.29, 1.82) is 0 Å². The molecule has 1 aliphatic heterocycles. The average Bonchev–Trinajstić information content (AvgIpc) is 3.33. The molecule has 1 aromatic carbocycles. The first-order valence-electron chi connectivity index (χ1n) is 8.68. The first-order chi connectivity index (χ1) is 13.2.